The number of nitrogens with one attached hydrogen (secondary N) is 1. The Morgan fingerprint density at radius 1 is 1.48 bits per heavy atom. The van der Waals surface area contributed by atoms with Gasteiger partial charge in [-0.05, 0) is 42.9 Å². The van der Waals surface area contributed by atoms with Gasteiger partial charge < -0.3 is 14.7 Å². The van der Waals surface area contributed by atoms with Crippen LogP contribution in [-0.2, 0) is 12.8 Å². The zero-order chi connectivity index (χ0) is 17.8. The number of carbonyl (C=O) groups excluding carboxylic acids is 1. The molecule has 1 aliphatic heterocycles. The van der Waals surface area contributed by atoms with Gasteiger partial charge in [0.05, 0.1) is 0 Å². The lowest BCUT2D eigenvalue weighted by Crippen LogP contribution is -2.42. The van der Waals surface area contributed by atoms with Gasteiger partial charge in [-0.1, -0.05) is 18.1 Å². The molecule has 2 aromatic rings. The summed E-state index contributed by atoms with van der Waals surface area (Å²) in [4.78, 5) is 18.5. The molecule has 1 N–H and O–H groups in total. The Morgan fingerprint density at radius 3 is 3.00 bits per heavy atom. The molecule has 25 heavy (non-hydrogen) atoms. The normalized spacial score (nSPS) is 17.6. The van der Waals surface area contributed by atoms with Crippen LogP contribution in [0.15, 0.2) is 22.7 Å². The average molecular weight is 346 g/mol. The second-order valence-corrected chi connectivity index (χ2v) is 6.48. The summed E-state index contributed by atoms with van der Waals surface area (Å²) in [6.45, 7) is 4.99. The van der Waals surface area contributed by atoms with Crippen LogP contribution in [0.25, 0.3) is 0 Å². The number of halogens is 1. The second-order valence-electron chi connectivity index (χ2n) is 6.48. The van der Waals surface area contributed by atoms with Crippen molar-refractivity contribution in [3.63, 3.8) is 0 Å². The highest BCUT2D eigenvalue weighted by Gasteiger charge is 2.25. The van der Waals surface area contributed by atoms with Crippen molar-refractivity contribution in [1.29, 1.82) is 0 Å². The number of amides is 2. The zero-order valence-corrected chi connectivity index (χ0v) is 14.6. The number of piperidine rings is 1. The van der Waals surface area contributed by atoms with Crippen molar-refractivity contribution in [3.8, 4) is 0 Å². The molecule has 0 spiro atoms. The molecule has 3 rings (SSSR count). The summed E-state index contributed by atoms with van der Waals surface area (Å²) in [6.07, 6.45) is 3.28. The maximum atomic E-state index is 13.9. The molecule has 0 bridgehead atoms. The highest BCUT2D eigenvalue weighted by atomic mass is 19.1. The minimum atomic E-state index is -0.288. The van der Waals surface area contributed by atoms with Gasteiger partial charge in [0, 0.05) is 32.1 Å². The smallest absolute Gasteiger partial charge is 0.321 e. The number of carbonyl (C=O) groups is 1. The van der Waals surface area contributed by atoms with Crippen LogP contribution in [0.4, 0.5) is 14.9 Å². The summed E-state index contributed by atoms with van der Waals surface area (Å²) < 4.78 is 18.9. The van der Waals surface area contributed by atoms with Crippen molar-refractivity contribution in [1.82, 2.24) is 15.0 Å². The third kappa shape index (κ3) is 4.35. The van der Waals surface area contributed by atoms with Crippen molar-refractivity contribution >= 4 is 11.7 Å². The first-order valence-electron chi connectivity index (χ1n) is 8.68. The molecule has 1 aliphatic rings. The van der Waals surface area contributed by atoms with Crippen LogP contribution in [0.1, 0.15) is 37.0 Å². The monoisotopic (exact) mass is 346 g/mol. The quantitative estimate of drug-likeness (QED) is 0.919. The van der Waals surface area contributed by atoms with Crippen LogP contribution < -0.4 is 5.32 Å². The summed E-state index contributed by atoms with van der Waals surface area (Å²) in [5.41, 5.74) is 1.13. The lowest BCUT2D eigenvalue weighted by molar-refractivity contribution is 0.176. The molecule has 1 aromatic heterocycles. The SMILES string of the molecule is CCc1ccc(NC(=O)N2CCC[C@@H](Cc3noc(C)n3)C2)cc1F. The maximum absolute atomic E-state index is 13.9. The summed E-state index contributed by atoms with van der Waals surface area (Å²) in [5.74, 6) is 1.25. The fourth-order valence-corrected chi connectivity index (χ4v) is 3.21. The topological polar surface area (TPSA) is 71.3 Å². The molecule has 1 atom stereocenters. The lowest BCUT2D eigenvalue weighted by Gasteiger charge is -2.32. The van der Waals surface area contributed by atoms with E-state index in [1.807, 2.05) is 6.92 Å². The van der Waals surface area contributed by atoms with E-state index in [2.05, 4.69) is 15.5 Å². The summed E-state index contributed by atoms with van der Waals surface area (Å²) in [6, 6.07) is 4.63. The molecular weight excluding hydrogens is 323 g/mol. The van der Waals surface area contributed by atoms with Crippen molar-refractivity contribution < 1.29 is 13.7 Å². The van der Waals surface area contributed by atoms with Gasteiger partial charge in [-0.2, -0.15) is 4.98 Å². The number of hydrogen-bond acceptors (Lipinski definition) is 4. The van der Waals surface area contributed by atoms with Crippen molar-refractivity contribution in [2.75, 3.05) is 18.4 Å². The van der Waals surface area contributed by atoms with E-state index in [0.29, 0.717) is 54.8 Å². The molecule has 1 aromatic carbocycles. The number of anilines is 1. The third-order valence-corrected chi connectivity index (χ3v) is 4.53. The maximum Gasteiger partial charge on any atom is 0.321 e. The van der Waals surface area contributed by atoms with Crippen LogP contribution >= 0.6 is 0 Å². The number of urea groups is 1. The lowest BCUT2D eigenvalue weighted by atomic mass is 9.95. The molecule has 7 heteroatoms. The molecule has 0 aliphatic carbocycles. The molecule has 2 heterocycles. The highest BCUT2D eigenvalue weighted by Crippen LogP contribution is 2.21. The Morgan fingerprint density at radius 2 is 2.32 bits per heavy atom. The van der Waals surface area contributed by atoms with Gasteiger partial charge in [0.15, 0.2) is 5.82 Å². The van der Waals surface area contributed by atoms with Crippen molar-refractivity contribution in [2.24, 2.45) is 5.92 Å². The van der Waals surface area contributed by atoms with E-state index in [0.717, 1.165) is 12.8 Å². The number of aryl methyl sites for hydroxylation is 2. The van der Waals surface area contributed by atoms with Crippen molar-refractivity contribution in [2.45, 2.75) is 39.5 Å². The van der Waals surface area contributed by atoms with Gasteiger partial charge in [-0.25, -0.2) is 9.18 Å². The van der Waals surface area contributed by atoms with Gasteiger partial charge in [0.2, 0.25) is 5.89 Å². The zero-order valence-electron chi connectivity index (χ0n) is 14.6. The molecular formula is C18H23FN4O2. The van der Waals surface area contributed by atoms with Crippen LogP contribution in [-0.4, -0.2) is 34.2 Å². The number of rotatable bonds is 4. The van der Waals surface area contributed by atoms with E-state index < -0.39 is 0 Å². The first-order chi connectivity index (χ1) is 12.0. The fourth-order valence-electron chi connectivity index (χ4n) is 3.21. The Hall–Kier alpha value is -2.44. The third-order valence-electron chi connectivity index (χ3n) is 4.53. The van der Waals surface area contributed by atoms with Crippen LogP contribution in [0.2, 0.25) is 0 Å². The van der Waals surface area contributed by atoms with Gasteiger partial charge in [-0.3, -0.25) is 0 Å². The fraction of sp³-hybridized carbons (Fsp3) is 0.500. The van der Waals surface area contributed by atoms with E-state index in [9.17, 15) is 9.18 Å². The number of likely N-dealkylation sites (tertiary alicyclic amines) is 1. The number of nitrogens with zero attached hydrogens (tertiary/aromatic N) is 3. The first kappa shape index (κ1) is 17.4. The summed E-state index contributed by atoms with van der Waals surface area (Å²) in [7, 11) is 0. The van der Waals surface area contributed by atoms with Crippen molar-refractivity contribution in [3.05, 3.63) is 41.3 Å². The summed E-state index contributed by atoms with van der Waals surface area (Å²) in [5, 5.41) is 6.72. The molecule has 134 valence electrons. The molecule has 1 saturated heterocycles. The molecule has 0 radical (unpaired) electrons. The van der Waals surface area contributed by atoms with E-state index in [-0.39, 0.29) is 11.8 Å². The Balaban J connectivity index is 1.59. The number of hydrogen-bond donors (Lipinski definition) is 1. The van der Waals surface area contributed by atoms with E-state index in [1.54, 1.807) is 24.0 Å². The average Bonchev–Trinajstić information content (AvgIpc) is 3.00. The van der Waals surface area contributed by atoms with Crippen LogP contribution in [0, 0.1) is 18.7 Å². The minimum absolute atomic E-state index is 0.197. The molecule has 1 fully saturated rings. The Labute approximate surface area is 146 Å². The molecule has 0 unspecified atom stereocenters. The summed E-state index contributed by atoms with van der Waals surface area (Å²) >= 11 is 0. The predicted molar refractivity (Wildman–Crippen MR) is 91.8 cm³/mol. The van der Waals surface area contributed by atoms with Crippen LogP contribution in [0.5, 0.6) is 0 Å². The first-order valence-corrected chi connectivity index (χ1v) is 8.68. The van der Waals surface area contributed by atoms with E-state index in [1.165, 1.54) is 6.07 Å². The highest BCUT2D eigenvalue weighted by molar-refractivity contribution is 5.89. The minimum Gasteiger partial charge on any atom is -0.340 e. The van der Waals surface area contributed by atoms with E-state index in [4.69, 9.17) is 4.52 Å². The predicted octanol–water partition coefficient (Wildman–Crippen LogP) is 3.57. The number of aromatic nitrogens is 2. The van der Waals surface area contributed by atoms with E-state index >= 15 is 0 Å². The van der Waals surface area contributed by atoms with Gasteiger partial charge >= 0.3 is 6.03 Å². The molecule has 0 saturated carbocycles. The second kappa shape index (κ2) is 7.63. The number of benzene rings is 1. The molecule has 6 nitrogen and oxygen atoms in total. The largest absolute Gasteiger partial charge is 0.340 e. The Kier molecular flexibility index (Phi) is 5.31. The Bertz CT molecular complexity index is 746. The van der Waals surface area contributed by atoms with Gasteiger partial charge in [-0.15, -0.1) is 0 Å². The molecule has 2 amide bonds. The van der Waals surface area contributed by atoms with Gasteiger partial charge in [0.25, 0.3) is 0 Å². The standard InChI is InChI=1S/C18H23FN4O2/c1-3-14-6-7-15(10-16(14)19)21-18(24)23-8-4-5-13(11-23)9-17-20-12(2)25-22-17/h6-7,10,13H,3-5,8-9,11H2,1-2H3,(H,21,24)/t13-/m0/s1. The van der Waals surface area contributed by atoms with Gasteiger partial charge in [0.1, 0.15) is 5.82 Å². The van der Waals surface area contributed by atoms with Crippen LogP contribution in [0.3, 0.4) is 0 Å².